The Labute approximate surface area is 147 Å². The number of hydrogen-bond donors (Lipinski definition) is 0. The third-order valence-electron chi connectivity index (χ3n) is 5.13. The summed E-state index contributed by atoms with van der Waals surface area (Å²) in [5.74, 6) is -0.00707. The minimum Gasteiger partial charge on any atom is -0.331 e. The van der Waals surface area contributed by atoms with E-state index in [0.29, 0.717) is 18.7 Å². The van der Waals surface area contributed by atoms with E-state index in [-0.39, 0.29) is 17.9 Å². The van der Waals surface area contributed by atoms with Gasteiger partial charge in [0.1, 0.15) is 0 Å². The molecule has 0 radical (unpaired) electrons. The van der Waals surface area contributed by atoms with E-state index in [0.717, 1.165) is 24.1 Å². The molecule has 2 aromatic rings. The lowest BCUT2D eigenvalue weighted by atomic mass is 9.93. The van der Waals surface area contributed by atoms with Crippen LogP contribution < -0.4 is 0 Å². The van der Waals surface area contributed by atoms with E-state index < -0.39 is 0 Å². The molecule has 0 N–H and O–H groups in total. The first-order valence-electron chi connectivity index (χ1n) is 8.56. The van der Waals surface area contributed by atoms with Crippen molar-refractivity contribution in [2.45, 2.75) is 25.6 Å². The molecule has 25 heavy (non-hydrogen) atoms. The number of fused-ring (bicyclic) bond motifs is 1. The third-order valence-corrected chi connectivity index (χ3v) is 5.13. The van der Waals surface area contributed by atoms with Crippen LogP contribution in [0.2, 0.25) is 0 Å². The summed E-state index contributed by atoms with van der Waals surface area (Å²) in [5, 5.41) is 0. The van der Waals surface area contributed by atoms with Crippen molar-refractivity contribution in [3.8, 4) is 0 Å². The number of amides is 2. The van der Waals surface area contributed by atoms with Crippen molar-refractivity contribution in [2.75, 3.05) is 6.54 Å². The molecule has 0 spiro atoms. The highest BCUT2D eigenvalue weighted by atomic mass is 16.2. The molecular formula is C21H20N2O2. The van der Waals surface area contributed by atoms with Gasteiger partial charge in [0.2, 0.25) is 5.91 Å². The standard InChI is InChI=1S/C21H20N2O2/c1-2-20(24)22-13-17-9-8-16(12-18(17)14-22)21(25)23-11-10-19(23)15-6-4-3-5-7-15/h2-9,12,19H,1,10-11,13-14H2. The number of hydrogen-bond acceptors (Lipinski definition) is 2. The van der Waals surface area contributed by atoms with Crippen molar-refractivity contribution in [3.63, 3.8) is 0 Å². The number of nitrogens with zero attached hydrogens (tertiary/aromatic N) is 2. The molecule has 1 unspecified atom stereocenters. The Morgan fingerprint density at radius 1 is 1.04 bits per heavy atom. The normalized spacial score (nSPS) is 18.5. The van der Waals surface area contributed by atoms with Gasteiger partial charge in [0, 0.05) is 25.2 Å². The first kappa shape index (κ1) is 15.6. The average molecular weight is 332 g/mol. The van der Waals surface area contributed by atoms with Crippen molar-refractivity contribution < 1.29 is 9.59 Å². The maximum Gasteiger partial charge on any atom is 0.254 e. The summed E-state index contributed by atoms with van der Waals surface area (Å²) < 4.78 is 0. The Bertz CT molecular complexity index is 844. The number of likely N-dealkylation sites (tertiary alicyclic amines) is 1. The zero-order chi connectivity index (χ0) is 17.4. The van der Waals surface area contributed by atoms with Gasteiger partial charge in [0.25, 0.3) is 5.91 Å². The van der Waals surface area contributed by atoms with E-state index in [1.807, 2.05) is 41.3 Å². The third kappa shape index (κ3) is 2.74. The number of carbonyl (C=O) groups is 2. The topological polar surface area (TPSA) is 40.6 Å². The molecule has 2 amide bonds. The highest BCUT2D eigenvalue weighted by Gasteiger charge is 2.34. The Hall–Kier alpha value is -2.88. The second-order valence-electron chi connectivity index (χ2n) is 6.60. The van der Waals surface area contributed by atoms with Gasteiger partial charge in [-0.1, -0.05) is 43.0 Å². The van der Waals surface area contributed by atoms with Crippen molar-refractivity contribution in [2.24, 2.45) is 0 Å². The molecule has 1 fully saturated rings. The minimum atomic E-state index is -0.0732. The summed E-state index contributed by atoms with van der Waals surface area (Å²) >= 11 is 0. The fraction of sp³-hybridized carbons (Fsp3) is 0.238. The number of rotatable bonds is 3. The number of benzene rings is 2. The average Bonchev–Trinajstić information content (AvgIpc) is 3.04. The largest absolute Gasteiger partial charge is 0.331 e. The summed E-state index contributed by atoms with van der Waals surface area (Å²) in [6.07, 6.45) is 2.34. The summed E-state index contributed by atoms with van der Waals surface area (Å²) in [5.41, 5.74) is 4.05. The van der Waals surface area contributed by atoms with Gasteiger partial charge in [0.05, 0.1) is 6.04 Å². The highest BCUT2D eigenvalue weighted by Crippen LogP contribution is 2.35. The van der Waals surface area contributed by atoms with Crippen LogP contribution in [0.3, 0.4) is 0 Å². The van der Waals surface area contributed by atoms with Crippen molar-refractivity contribution >= 4 is 11.8 Å². The summed E-state index contributed by atoms with van der Waals surface area (Å²) in [4.78, 5) is 28.4. The first-order chi connectivity index (χ1) is 12.2. The molecule has 126 valence electrons. The minimum absolute atomic E-state index is 0.0661. The van der Waals surface area contributed by atoms with Gasteiger partial charge in [-0.25, -0.2) is 0 Å². The fourth-order valence-corrected chi connectivity index (χ4v) is 3.63. The van der Waals surface area contributed by atoms with Gasteiger partial charge in [-0.05, 0) is 41.3 Å². The molecule has 4 heteroatoms. The van der Waals surface area contributed by atoms with Crippen LogP contribution in [-0.4, -0.2) is 28.2 Å². The van der Waals surface area contributed by atoms with Crippen LogP contribution >= 0.6 is 0 Å². The molecule has 0 aliphatic carbocycles. The van der Waals surface area contributed by atoms with Gasteiger partial charge in [-0.2, -0.15) is 0 Å². The van der Waals surface area contributed by atoms with Gasteiger partial charge in [-0.3, -0.25) is 9.59 Å². The van der Waals surface area contributed by atoms with Gasteiger partial charge in [-0.15, -0.1) is 0 Å². The molecule has 2 heterocycles. The quantitative estimate of drug-likeness (QED) is 0.809. The maximum absolute atomic E-state index is 12.9. The van der Waals surface area contributed by atoms with E-state index in [9.17, 15) is 9.59 Å². The fourth-order valence-electron chi connectivity index (χ4n) is 3.63. The van der Waals surface area contributed by atoms with Gasteiger partial charge in [0.15, 0.2) is 0 Å². The van der Waals surface area contributed by atoms with Crippen LogP contribution in [0.5, 0.6) is 0 Å². The molecule has 1 saturated heterocycles. The van der Waals surface area contributed by atoms with Crippen LogP contribution in [0.1, 0.15) is 39.5 Å². The molecule has 0 saturated carbocycles. The van der Waals surface area contributed by atoms with Crippen LogP contribution in [0.25, 0.3) is 0 Å². The molecule has 4 nitrogen and oxygen atoms in total. The molecule has 0 aromatic heterocycles. The Morgan fingerprint density at radius 2 is 1.80 bits per heavy atom. The van der Waals surface area contributed by atoms with Gasteiger partial charge >= 0.3 is 0 Å². The summed E-state index contributed by atoms with van der Waals surface area (Å²) in [6, 6.07) is 16.1. The molecule has 2 aromatic carbocycles. The second-order valence-corrected chi connectivity index (χ2v) is 6.60. The zero-order valence-corrected chi connectivity index (χ0v) is 14.0. The van der Waals surface area contributed by atoms with Crippen molar-refractivity contribution in [1.29, 1.82) is 0 Å². The molecule has 2 aliphatic heterocycles. The smallest absolute Gasteiger partial charge is 0.254 e. The van der Waals surface area contributed by atoms with E-state index >= 15 is 0 Å². The SMILES string of the molecule is C=CC(=O)N1Cc2ccc(C(=O)N3CCC3c3ccccc3)cc2C1. The van der Waals surface area contributed by atoms with Crippen molar-refractivity contribution in [3.05, 3.63) is 83.4 Å². The molecular weight excluding hydrogens is 312 g/mol. The van der Waals surface area contributed by atoms with Crippen LogP contribution in [-0.2, 0) is 17.9 Å². The molecule has 1 atom stereocenters. The maximum atomic E-state index is 12.9. The lowest BCUT2D eigenvalue weighted by Gasteiger charge is -2.41. The second kappa shape index (κ2) is 6.20. The van der Waals surface area contributed by atoms with E-state index in [1.165, 1.54) is 11.6 Å². The molecule has 0 bridgehead atoms. The van der Waals surface area contributed by atoms with Crippen LogP contribution in [0.15, 0.2) is 61.2 Å². The summed E-state index contributed by atoms with van der Waals surface area (Å²) in [6.45, 7) is 5.46. The van der Waals surface area contributed by atoms with Crippen molar-refractivity contribution in [1.82, 2.24) is 9.80 Å². The van der Waals surface area contributed by atoms with E-state index in [4.69, 9.17) is 0 Å². The summed E-state index contributed by atoms with van der Waals surface area (Å²) in [7, 11) is 0. The predicted molar refractivity (Wildman–Crippen MR) is 95.7 cm³/mol. The lowest BCUT2D eigenvalue weighted by molar-refractivity contribution is -0.126. The Morgan fingerprint density at radius 3 is 2.48 bits per heavy atom. The lowest BCUT2D eigenvalue weighted by Crippen LogP contribution is -2.45. The predicted octanol–water partition coefficient (Wildman–Crippen LogP) is 3.30. The monoisotopic (exact) mass is 332 g/mol. The molecule has 2 aliphatic rings. The Balaban J connectivity index is 1.53. The van der Waals surface area contributed by atoms with E-state index in [2.05, 4.69) is 18.7 Å². The van der Waals surface area contributed by atoms with E-state index in [1.54, 1.807) is 4.90 Å². The zero-order valence-electron chi connectivity index (χ0n) is 14.0. The highest BCUT2D eigenvalue weighted by molar-refractivity contribution is 5.95. The number of carbonyl (C=O) groups excluding carboxylic acids is 2. The molecule has 4 rings (SSSR count). The Kier molecular flexibility index (Phi) is 3.88. The van der Waals surface area contributed by atoms with Crippen LogP contribution in [0.4, 0.5) is 0 Å². The van der Waals surface area contributed by atoms with Gasteiger partial charge < -0.3 is 9.80 Å². The van der Waals surface area contributed by atoms with Crippen LogP contribution in [0, 0.1) is 0 Å². The first-order valence-corrected chi connectivity index (χ1v) is 8.56.